The Kier molecular flexibility index (Phi) is 3.94. The highest BCUT2D eigenvalue weighted by molar-refractivity contribution is 5.54. The van der Waals surface area contributed by atoms with Gasteiger partial charge in [-0.25, -0.2) is 9.97 Å². The number of nitrogen functional groups attached to an aromatic ring is 1. The summed E-state index contributed by atoms with van der Waals surface area (Å²) in [7, 11) is 0. The second-order valence-corrected chi connectivity index (χ2v) is 4.24. The molecular weight excluding hydrogens is 242 g/mol. The van der Waals surface area contributed by atoms with Crippen LogP contribution in [0.5, 0.6) is 0 Å². The minimum atomic E-state index is 0.520. The molecule has 0 aromatic carbocycles. The van der Waals surface area contributed by atoms with Gasteiger partial charge in [0.25, 0.3) is 0 Å². The number of hydrogen-bond donors (Lipinski definition) is 2. The van der Waals surface area contributed by atoms with E-state index in [1.165, 1.54) is 0 Å². The van der Waals surface area contributed by atoms with Gasteiger partial charge in [0.2, 0.25) is 0 Å². The number of nitrogens with zero attached hydrogens (tertiary/aromatic N) is 5. The van der Waals surface area contributed by atoms with Crippen LogP contribution < -0.4 is 11.1 Å². The van der Waals surface area contributed by atoms with Crippen molar-refractivity contribution in [2.75, 3.05) is 11.1 Å². The van der Waals surface area contributed by atoms with Gasteiger partial charge < -0.3 is 15.6 Å². The van der Waals surface area contributed by atoms with Gasteiger partial charge in [0.15, 0.2) is 5.82 Å². The first kappa shape index (κ1) is 13.3. The molecule has 7 heteroatoms. The van der Waals surface area contributed by atoms with Gasteiger partial charge in [-0.15, -0.1) is 10.2 Å². The van der Waals surface area contributed by atoms with E-state index in [2.05, 4.69) is 32.4 Å². The second kappa shape index (κ2) is 5.64. The van der Waals surface area contributed by atoms with Crippen LogP contribution in [0.1, 0.15) is 31.1 Å². The summed E-state index contributed by atoms with van der Waals surface area (Å²) in [5.74, 6) is 2.89. The number of aryl methyl sites for hydroxylation is 2. The van der Waals surface area contributed by atoms with E-state index >= 15 is 0 Å². The van der Waals surface area contributed by atoms with E-state index in [0.717, 1.165) is 36.0 Å². The predicted molar refractivity (Wildman–Crippen MR) is 73.6 cm³/mol. The van der Waals surface area contributed by atoms with Crippen LogP contribution >= 0.6 is 0 Å². The van der Waals surface area contributed by atoms with Crippen molar-refractivity contribution in [1.29, 1.82) is 0 Å². The first-order chi connectivity index (χ1) is 9.15. The van der Waals surface area contributed by atoms with E-state index in [-0.39, 0.29) is 0 Å². The van der Waals surface area contributed by atoms with E-state index in [4.69, 9.17) is 5.73 Å². The zero-order valence-corrected chi connectivity index (χ0v) is 11.5. The van der Waals surface area contributed by atoms with Crippen LogP contribution in [0.2, 0.25) is 0 Å². The SMILES string of the molecule is CCc1nc(N)c(C)c(NCc2nncn2CC)n1. The number of nitrogens with two attached hydrogens (primary N) is 1. The zero-order chi connectivity index (χ0) is 13.8. The molecule has 0 fully saturated rings. The van der Waals surface area contributed by atoms with Crippen LogP contribution in [0.25, 0.3) is 0 Å². The summed E-state index contributed by atoms with van der Waals surface area (Å²) in [5, 5.41) is 11.2. The van der Waals surface area contributed by atoms with Crippen molar-refractivity contribution in [2.45, 2.75) is 40.3 Å². The Morgan fingerprint density at radius 1 is 1.32 bits per heavy atom. The standard InChI is InChI=1S/C12H19N7/c1-4-9-16-11(13)8(3)12(17-9)14-6-10-18-15-7-19(10)5-2/h7H,4-6H2,1-3H3,(H3,13,14,16,17). The van der Waals surface area contributed by atoms with Crippen LogP contribution in [0.3, 0.4) is 0 Å². The van der Waals surface area contributed by atoms with Crippen molar-refractivity contribution in [3.05, 3.63) is 23.5 Å². The number of aromatic nitrogens is 5. The largest absolute Gasteiger partial charge is 0.383 e. The Balaban J connectivity index is 2.17. The molecule has 0 atom stereocenters. The molecule has 7 nitrogen and oxygen atoms in total. The number of nitrogens with one attached hydrogen (secondary N) is 1. The van der Waals surface area contributed by atoms with Crippen LogP contribution in [-0.2, 0) is 19.5 Å². The Bertz CT molecular complexity index is 561. The van der Waals surface area contributed by atoms with Crippen LogP contribution in [0.15, 0.2) is 6.33 Å². The average molecular weight is 261 g/mol. The number of rotatable bonds is 5. The van der Waals surface area contributed by atoms with Crippen LogP contribution in [0.4, 0.5) is 11.6 Å². The minimum Gasteiger partial charge on any atom is -0.383 e. The van der Waals surface area contributed by atoms with Gasteiger partial charge in [-0.1, -0.05) is 6.92 Å². The van der Waals surface area contributed by atoms with Crippen LogP contribution in [0, 0.1) is 6.92 Å². The fraction of sp³-hybridized carbons (Fsp3) is 0.500. The smallest absolute Gasteiger partial charge is 0.152 e. The second-order valence-electron chi connectivity index (χ2n) is 4.24. The molecule has 0 saturated heterocycles. The van der Waals surface area contributed by atoms with Crippen molar-refractivity contribution < 1.29 is 0 Å². The summed E-state index contributed by atoms with van der Waals surface area (Å²) >= 11 is 0. The predicted octanol–water partition coefficient (Wildman–Crippen LogP) is 1.15. The lowest BCUT2D eigenvalue weighted by Crippen LogP contribution is -2.12. The third-order valence-electron chi connectivity index (χ3n) is 3.00. The molecule has 19 heavy (non-hydrogen) atoms. The lowest BCUT2D eigenvalue weighted by Gasteiger charge is -2.11. The molecule has 0 radical (unpaired) electrons. The van der Waals surface area contributed by atoms with E-state index in [1.54, 1.807) is 6.33 Å². The Morgan fingerprint density at radius 3 is 2.79 bits per heavy atom. The summed E-state index contributed by atoms with van der Waals surface area (Å²) < 4.78 is 1.98. The molecule has 0 amide bonds. The first-order valence-electron chi connectivity index (χ1n) is 6.39. The maximum Gasteiger partial charge on any atom is 0.152 e. The maximum atomic E-state index is 5.88. The molecule has 0 bridgehead atoms. The Morgan fingerprint density at radius 2 is 2.11 bits per heavy atom. The van der Waals surface area contributed by atoms with Crippen molar-refractivity contribution in [1.82, 2.24) is 24.7 Å². The van der Waals surface area contributed by atoms with Gasteiger partial charge in [-0.3, -0.25) is 0 Å². The van der Waals surface area contributed by atoms with Gasteiger partial charge >= 0.3 is 0 Å². The minimum absolute atomic E-state index is 0.520. The summed E-state index contributed by atoms with van der Waals surface area (Å²) in [6, 6.07) is 0. The number of anilines is 2. The third kappa shape index (κ3) is 2.81. The highest BCUT2D eigenvalue weighted by Gasteiger charge is 2.09. The van der Waals surface area contributed by atoms with E-state index in [9.17, 15) is 0 Å². The lowest BCUT2D eigenvalue weighted by molar-refractivity contribution is 0.706. The zero-order valence-electron chi connectivity index (χ0n) is 11.5. The van der Waals surface area contributed by atoms with Crippen LogP contribution in [-0.4, -0.2) is 24.7 Å². The van der Waals surface area contributed by atoms with Gasteiger partial charge in [0.1, 0.15) is 23.8 Å². The topological polar surface area (TPSA) is 94.5 Å². The van der Waals surface area contributed by atoms with Gasteiger partial charge in [-0.05, 0) is 13.8 Å². The summed E-state index contributed by atoms with van der Waals surface area (Å²) in [5.41, 5.74) is 6.74. The van der Waals surface area contributed by atoms with Gasteiger partial charge in [0.05, 0.1) is 6.54 Å². The molecule has 0 aliphatic heterocycles. The summed E-state index contributed by atoms with van der Waals surface area (Å²) in [6.07, 6.45) is 2.47. The van der Waals surface area contributed by atoms with E-state index in [0.29, 0.717) is 12.4 Å². The fourth-order valence-corrected chi connectivity index (χ4v) is 1.76. The summed E-state index contributed by atoms with van der Waals surface area (Å²) in [4.78, 5) is 8.67. The molecule has 0 unspecified atom stereocenters. The highest BCUT2D eigenvalue weighted by atomic mass is 15.3. The molecule has 2 heterocycles. The fourth-order valence-electron chi connectivity index (χ4n) is 1.76. The molecule has 102 valence electrons. The summed E-state index contributed by atoms with van der Waals surface area (Å²) in [6.45, 7) is 7.36. The molecule has 2 aromatic rings. The first-order valence-corrected chi connectivity index (χ1v) is 6.39. The molecule has 2 aromatic heterocycles. The van der Waals surface area contributed by atoms with E-state index in [1.807, 2.05) is 18.4 Å². The molecule has 2 rings (SSSR count). The average Bonchev–Trinajstić information content (AvgIpc) is 2.87. The lowest BCUT2D eigenvalue weighted by atomic mass is 10.3. The highest BCUT2D eigenvalue weighted by Crippen LogP contribution is 2.17. The number of hydrogen-bond acceptors (Lipinski definition) is 6. The third-order valence-corrected chi connectivity index (χ3v) is 3.00. The monoisotopic (exact) mass is 261 g/mol. The van der Waals surface area contributed by atoms with Crippen molar-refractivity contribution in [2.24, 2.45) is 0 Å². The molecule has 0 saturated carbocycles. The van der Waals surface area contributed by atoms with E-state index < -0.39 is 0 Å². The quantitative estimate of drug-likeness (QED) is 0.838. The van der Waals surface area contributed by atoms with Crippen molar-refractivity contribution in [3.8, 4) is 0 Å². The molecule has 0 spiro atoms. The normalized spacial score (nSPS) is 10.7. The van der Waals surface area contributed by atoms with Gasteiger partial charge in [0, 0.05) is 18.5 Å². The molecule has 3 N–H and O–H groups in total. The molecule has 0 aliphatic carbocycles. The molecule has 0 aliphatic rings. The van der Waals surface area contributed by atoms with Gasteiger partial charge in [-0.2, -0.15) is 0 Å². The Labute approximate surface area is 112 Å². The van der Waals surface area contributed by atoms with Crippen molar-refractivity contribution >= 4 is 11.6 Å². The maximum absolute atomic E-state index is 5.88. The van der Waals surface area contributed by atoms with Crippen molar-refractivity contribution in [3.63, 3.8) is 0 Å². The Hall–Kier alpha value is -2.18. The molecular formula is C12H19N7.